The zero-order valence-corrected chi connectivity index (χ0v) is 16.7. The van der Waals surface area contributed by atoms with Crippen LogP contribution >= 0.6 is 0 Å². The molecule has 0 unspecified atom stereocenters. The standard InChI is InChI=1S/C22H24BN3O2/c1-21(2)22(3,4)28-23(27-21)17-11-13-19(14-12-17)26(18-9-6-5-7-10-18)20-24-15-8-16-25-20/h5-16H,1-4H3. The monoisotopic (exact) mass is 373 g/mol. The van der Waals surface area contributed by atoms with Crippen LogP contribution in [-0.4, -0.2) is 28.3 Å². The summed E-state index contributed by atoms with van der Waals surface area (Å²) >= 11 is 0. The summed E-state index contributed by atoms with van der Waals surface area (Å²) in [4.78, 5) is 10.9. The van der Waals surface area contributed by atoms with Crippen molar-refractivity contribution in [3.8, 4) is 0 Å². The van der Waals surface area contributed by atoms with Gasteiger partial charge in [-0.25, -0.2) is 9.97 Å². The molecule has 0 N–H and O–H groups in total. The van der Waals surface area contributed by atoms with Gasteiger partial charge >= 0.3 is 7.12 Å². The number of hydrogen-bond acceptors (Lipinski definition) is 5. The SMILES string of the molecule is CC1(C)OB(c2ccc(N(c3ccccc3)c3ncccn3)cc2)OC1(C)C. The number of benzene rings is 2. The Morgan fingerprint density at radius 2 is 1.25 bits per heavy atom. The van der Waals surface area contributed by atoms with Gasteiger partial charge < -0.3 is 9.31 Å². The van der Waals surface area contributed by atoms with Crippen molar-refractivity contribution in [2.45, 2.75) is 38.9 Å². The molecule has 0 amide bonds. The molecule has 142 valence electrons. The highest BCUT2D eigenvalue weighted by Gasteiger charge is 2.51. The molecule has 2 aromatic carbocycles. The molecule has 1 fully saturated rings. The van der Waals surface area contributed by atoms with E-state index in [2.05, 4.69) is 37.7 Å². The molecule has 3 aromatic rings. The summed E-state index contributed by atoms with van der Waals surface area (Å²) < 4.78 is 12.3. The normalized spacial score (nSPS) is 17.5. The van der Waals surface area contributed by atoms with E-state index in [9.17, 15) is 0 Å². The molecule has 1 saturated heterocycles. The lowest BCUT2D eigenvalue weighted by Gasteiger charge is -2.32. The van der Waals surface area contributed by atoms with Crippen molar-refractivity contribution < 1.29 is 9.31 Å². The maximum Gasteiger partial charge on any atom is 0.494 e. The van der Waals surface area contributed by atoms with Crippen LogP contribution in [0.3, 0.4) is 0 Å². The third-order valence-electron chi connectivity index (χ3n) is 5.44. The van der Waals surface area contributed by atoms with E-state index in [1.807, 2.05) is 65.6 Å². The van der Waals surface area contributed by atoms with Crippen LogP contribution in [0.1, 0.15) is 27.7 Å². The zero-order valence-electron chi connectivity index (χ0n) is 16.7. The van der Waals surface area contributed by atoms with E-state index in [1.165, 1.54) is 0 Å². The quantitative estimate of drug-likeness (QED) is 0.640. The maximum absolute atomic E-state index is 6.16. The van der Waals surface area contributed by atoms with Gasteiger partial charge in [0.05, 0.1) is 11.2 Å². The van der Waals surface area contributed by atoms with Crippen molar-refractivity contribution in [1.29, 1.82) is 0 Å². The van der Waals surface area contributed by atoms with E-state index in [4.69, 9.17) is 9.31 Å². The summed E-state index contributed by atoms with van der Waals surface area (Å²) in [5, 5.41) is 0. The molecular weight excluding hydrogens is 349 g/mol. The smallest absolute Gasteiger partial charge is 0.399 e. The first-order valence-electron chi connectivity index (χ1n) is 9.45. The molecule has 5 nitrogen and oxygen atoms in total. The van der Waals surface area contributed by atoms with Gasteiger partial charge in [0, 0.05) is 23.8 Å². The summed E-state index contributed by atoms with van der Waals surface area (Å²) in [6.45, 7) is 8.24. The lowest BCUT2D eigenvalue weighted by Crippen LogP contribution is -2.41. The second kappa shape index (κ2) is 7.04. The summed E-state index contributed by atoms with van der Waals surface area (Å²) in [5.41, 5.74) is 2.24. The van der Waals surface area contributed by atoms with Gasteiger partial charge in [0.25, 0.3) is 0 Å². The minimum absolute atomic E-state index is 0.357. The van der Waals surface area contributed by atoms with E-state index in [0.29, 0.717) is 5.95 Å². The largest absolute Gasteiger partial charge is 0.494 e. The molecule has 1 aromatic heterocycles. The summed E-state index contributed by atoms with van der Waals surface area (Å²) in [5.74, 6) is 0.622. The van der Waals surface area contributed by atoms with Crippen LogP contribution in [0.15, 0.2) is 73.1 Å². The van der Waals surface area contributed by atoms with Crippen LogP contribution in [0.25, 0.3) is 0 Å². The van der Waals surface area contributed by atoms with Gasteiger partial charge in [-0.05, 0) is 63.5 Å². The molecule has 0 aliphatic carbocycles. The first-order valence-corrected chi connectivity index (χ1v) is 9.45. The predicted octanol–water partition coefficient (Wildman–Crippen LogP) is 4.25. The molecule has 4 rings (SSSR count). The molecule has 28 heavy (non-hydrogen) atoms. The fraction of sp³-hybridized carbons (Fsp3) is 0.273. The van der Waals surface area contributed by atoms with Gasteiger partial charge in [-0.15, -0.1) is 0 Å². The molecule has 0 radical (unpaired) electrons. The first kappa shape index (κ1) is 18.7. The molecule has 0 spiro atoms. The molecule has 1 aliphatic heterocycles. The molecule has 1 aliphatic rings. The Bertz CT molecular complexity index is 876. The Kier molecular flexibility index (Phi) is 4.69. The van der Waals surface area contributed by atoms with Crippen LogP contribution in [0.2, 0.25) is 0 Å². The van der Waals surface area contributed by atoms with Gasteiger partial charge in [0.15, 0.2) is 0 Å². The number of aromatic nitrogens is 2. The van der Waals surface area contributed by atoms with Crippen molar-refractivity contribution >= 4 is 29.9 Å². The van der Waals surface area contributed by atoms with Crippen molar-refractivity contribution in [3.63, 3.8) is 0 Å². The van der Waals surface area contributed by atoms with Crippen molar-refractivity contribution in [2.75, 3.05) is 4.90 Å². The maximum atomic E-state index is 6.16. The Labute approximate surface area is 166 Å². The molecular formula is C22H24BN3O2. The van der Waals surface area contributed by atoms with Gasteiger partial charge in [0.2, 0.25) is 5.95 Å². The average molecular weight is 373 g/mol. The lowest BCUT2D eigenvalue weighted by atomic mass is 9.79. The summed E-state index contributed by atoms with van der Waals surface area (Å²) in [6, 6.07) is 20.1. The second-order valence-corrected chi connectivity index (χ2v) is 7.90. The van der Waals surface area contributed by atoms with Crippen molar-refractivity contribution in [3.05, 3.63) is 73.1 Å². The Morgan fingerprint density at radius 3 is 1.82 bits per heavy atom. The molecule has 6 heteroatoms. The van der Waals surface area contributed by atoms with E-state index >= 15 is 0 Å². The minimum Gasteiger partial charge on any atom is -0.399 e. The Balaban J connectivity index is 1.66. The Morgan fingerprint density at radius 1 is 0.714 bits per heavy atom. The third-order valence-corrected chi connectivity index (χ3v) is 5.44. The number of rotatable bonds is 4. The predicted molar refractivity (Wildman–Crippen MR) is 112 cm³/mol. The second-order valence-electron chi connectivity index (χ2n) is 7.90. The lowest BCUT2D eigenvalue weighted by molar-refractivity contribution is 0.00578. The van der Waals surface area contributed by atoms with E-state index in [1.54, 1.807) is 12.4 Å². The summed E-state index contributed by atoms with van der Waals surface area (Å²) in [7, 11) is -0.378. The number of hydrogen-bond donors (Lipinski definition) is 0. The fourth-order valence-electron chi connectivity index (χ4n) is 3.12. The highest BCUT2D eigenvalue weighted by Crippen LogP contribution is 2.37. The van der Waals surface area contributed by atoms with Crippen molar-refractivity contribution in [1.82, 2.24) is 9.97 Å². The van der Waals surface area contributed by atoms with Crippen LogP contribution in [0.5, 0.6) is 0 Å². The highest BCUT2D eigenvalue weighted by atomic mass is 16.7. The summed E-state index contributed by atoms with van der Waals surface area (Å²) in [6.07, 6.45) is 3.49. The Hall–Kier alpha value is -2.70. The number of nitrogens with zero attached hydrogens (tertiary/aromatic N) is 3. The molecule has 0 saturated carbocycles. The van der Waals surface area contributed by atoms with Gasteiger partial charge in [-0.1, -0.05) is 30.3 Å². The van der Waals surface area contributed by atoms with Crippen LogP contribution in [0.4, 0.5) is 17.3 Å². The van der Waals surface area contributed by atoms with Gasteiger partial charge in [-0.2, -0.15) is 0 Å². The first-order chi connectivity index (χ1) is 13.4. The topological polar surface area (TPSA) is 47.5 Å². The van der Waals surface area contributed by atoms with Crippen molar-refractivity contribution in [2.24, 2.45) is 0 Å². The van der Waals surface area contributed by atoms with Crippen LogP contribution in [-0.2, 0) is 9.31 Å². The third kappa shape index (κ3) is 3.41. The number of para-hydroxylation sites is 1. The van der Waals surface area contributed by atoms with E-state index in [-0.39, 0.29) is 18.3 Å². The fourth-order valence-corrected chi connectivity index (χ4v) is 3.12. The van der Waals surface area contributed by atoms with E-state index < -0.39 is 0 Å². The highest BCUT2D eigenvalue weighted by molar-refractivity contribution is 6.62. The molecule has 2 heterocycles. The van der Waals surface area contributed by atoms with Crippen LogP contribution < -0.4 is 10.4 Å². The number of anilines is 3. The van der Waals surface area contributed by atoms with Gasteiger partial charge in [0.1, 0.15) is 0 Å². The molecule has 0 atom stereocenters. The van der Waals surface area contributed by atoms with Crippen LogP contribution in [0, 0.1) is 0 Å². The zero-order chi connectivity index (χ0) is 19.8. The average Bonchev–Trinajstić information content (AvgIpc) is 2.92. The van der Waals surface area contributed by atoms with E-state index in [0.717, 1.165) is 16.8 Å². The minimum atomic E-state index is -0.378. The molecule has 0 bridgehead atoms. The van der Waals surface area contributed by atoms with Gasteiger partial charge in [-0.3, -0.25) is 4.90 Å².